The lowest BCUT2D eigenvalue weighted by molar-refractivity contribution is 0.477. The first-order valence-corrected chi connectivity index (χ1v) is 18.4. The number of aromatic hydroxyl groups is 1. The number of hydrogen-bond acceptors (Lipinski definition) is 3. The summed E-state index contributed by atoms with van der Waals surface area (Å²) < 4.78 is 91.7. The fourth-order valence-electron chi connectivity index (χ4n) is 7.65. The van der Waals surface area contributed by atoms with Gasteiger partial charge in [0.2, 0.25) is 0 Å². The first kappa shape index (κ1) is 26.0. The monoisotopic (exact) mass is 732 g/mol. The smallest absolute Gasteiger partial charge is 0.149 e. The van der Waals surface area contributed by atoms with Crippen LogP contribution >= 0.6 is 0 Å². The topological polar surface area (TPSA) is 55.9 Å². The van der Waals surface area contributed by atoms with E-state index in [1.165, 1.54) is 38.1 Å². The molecule has 0 amide bonds. The lowest BCUT2D eigenvalue weighted by Crippen LogP contribution is -2.08. The van der Waals surface area contributed by atoms with Crippen LogP contribution in [0, 0.1) is 0 Å². The van der Waals surface area contributed by atoms with Gasteiger partial charge >= 0.3 is 0 Å². The summed E-state index contributed by atoms with van der Waals surface area (Å²) >= 11 is 0. The molecule has 0 aliphatic heterocycles. The number of phenols is 1. The normalized spacial score (nSPS) is 17.6. The van der Waals surface area contributed by atoms with Crippen molar-refractivity contribution < 1.29 is 18.8 Å². The molecule has 276 valence electrons. The summed E-state index contributed by atoms with van der Waals surface area (Å²) in [4.78, 5) is 10.4. The van der Waals surface area contributed by atoms with E-state index < -0.39 is 37.3 Å². The van der Waals surface area contributed by atoms with E-state index >= 15 is 0 Å². The van der Waals surface area contributed by atoms with Gasteiger partial charge in [0.1, 0.15) is 17.4 Å². The van der Waals surface area contributed by atoms with Gasteiger partial charge in [-0.2, -0.15) is 0 Å². The SMILES string of the molecule is [2H]C(C)(C)c1cccc(C([2H])(C)C)c1-n1c(-c2cccc(-c3cccc4c3nc(-c3ccccc3O)n4-c3c(C([2H])(C)C([2H])([2H])[2H])cccc3C([2H])(C)C([2H])([2H])[2H])c2)nc2ccccc21. The molecule has 0 aliphatic carbocycles. The molecule has 5 nitrogen and oxygen atoms in total. The van der Waals surface area contributed by atoms with Gasteiger partial charge in [0.25, 0.3) is 0 Å². The molecular weight excluding hydrogens is 673 g/mol. The van der Waals surface area contributed by atoms with Crippen LogP contribution in [0.25, 0.3) is 67.3 Å². The Labute approximate surface area is 339 Å². The van der Waals surface area contributed by atoms with E-state index in [2.05, 4.69) is 0 Å². The van der Waals surface area contributed by atoms with Gasteiger partial charge in [-0.15, -0.1) is 0 Å². The summed E-state index contributed by atoms with van der Waals surface area (Å²) in [7, 11) is 0. The minimum absolute atomic E-state index is 0.000717. The minimum Gasteiger partial charge on any atom is -0.507 e. The van der Waals surface area contributed by atoms with Crippen LogP contribution in [0.5, 0.6) is 5.75 Å². The zero-order chi connectivity index (χ0) is 47.2. The van der Waals surface area contributed by atoms with E-state index in [-0.39, 0.29) is 34.0 Å². The van der Waals surface area contributed by atoms with Crippen LogP contribution in [0.15, 0.2) is 127 Å². The Kier molecular flexibility index (Phi) is 6.78. The van der Waals surface area contributed by atoms with E-state index in [0.717, 1.165) is 27.7 Å². The van der Waals surface area contributed by atoms with Crippen LogP contribution in [-0.4, -0.2) is 24.2 Å². The van der Waals surface area contributed by atoms with E-state index in [1.54, 1.807) is 34.9 Å². The van der Waals surface area contributed by atoms with Crippen molar-refractivity contribution in [3.63, 3.8) is 0 Å². The van der Waals surface area contributed by atoms with Gasteiger partial charge in [0.05, 0.1) is 39.0 Å². The van der Waals surface area contributed by atoms with Crippen molar-refractivity contribution in [2.24, 2.45) is 0 Å². The molecule has 5 heteroatoms. The molecule has 8 rings (SSSR count). The predicted molar refractivity (Wildman–Crippen MR) is 230 cm³/mol. The zero-order valence-corrected chi connectivity index (χ0v) is 31.9. The van der Waals surface area contributed by atoms with E-state index in [1.807, 2.05) is 105 Å². The number of benzene rings is 6. The first-order chi connectivity index (χ1) is 30.2. The lowest BCUT2D eigenvalue weighted by Gasteiger charge is -2.23. The van der Waals surface area contributed by atoms with E-state index in [9.17, 15) is 10.6 Å². The molecule has 2 unspecified atom stereocenters. The summed E-state index contributed by atoms with van der Waals surface area (Å²) in [5.41, 5.74) is 6.73. The highest BCUT2D eigenvalue weighted by Crippen LogP contribution is 2.43. The molecule has 0 radical (unpaired) electrons. The summed E-state index contributed by atoms with van der Waals surface area (Å²) in [6.45, 7) is 4.05. The number of fused-ring (bicyclic) bond motifs is 2. The molecule has 6 aromatic carbocycles. The maximum absolute atomic E-state index is 11.4. The maximum atomic E-state index is 11.4. The molecule has 1 N–H and O–H groups in total. The highest BCUT2D eigenvalue weighted by Gasteiger charge is 2.26. The largest absolute Gasteiger partial charge is 0.507 e. The van der Waals surface area contributed by atoms with Crippen molar-refractivity contribution in [3.05, 3.63) is 150 Å². The van der Waals surface area contributed by atoms with Crippen LogP contribution < -0.4 is 0 Å². The average Bonchev–Trinajstić information content (AvgIpc) is 3.81. The van der Waals surface area contributed by atoms with Crippen molar-refractivity contribution in [3.8, 4) is 51.0 Å². The fourth-order valence-corrected chi connectivity index (χ4v) is 7.65. The Bertz CT molecular complexity index is 3050. The van der Waals surface area contributed by atoms with Crippen LogP contribution in [0.2, 0.25) is 0 Å². The van der Waals surface area contributed by atoms with Gasteiger partial charge < -0.3 is 5.11 Å². The zero-order valence-electron chi connectivity index (χ0n) is 41.9. The maximum Gasteiger partial charge on any atom is 0.149 e. The number of para-hydroxylation sites is 6. The number of aromatic nitrogens is 4. The molecule has 8 aromatic rings. The molecule has 2 aromatic heterocycles. The Morgan fingerprint density at radius 1 is 0.509 bits per heavy atom. The third-order valence-corrected chi connectivity index (χ3v) is 10.2. The molecule has 0 spiro atoms. The molecule has 2 atom stereocenters. The van der Waals surface area contributed by atoms with Crippen LogP contribution in [0.3, 0.4) is 0 Å². The van der Waals surface area contributed by atoms with Crippen molar-refractivity contribution in [1.82, 2.24) is 19.1 Å². The molecule has 0 saturated carbocycles. The second-order valence-electron chi connectivity index (χ2n) is 14.5. The van der Waals surface area contributed by atoms with Gasteiger partial charge in [-0.1, -0.05) is 146 Å². The van der Waals surface area contributed by atoms with Crippen molar-refractivity contribution in [2.75, 3.05) is 0 Å². The Balaban J connectivity index is 1.45. The molecule has 0 aliphatic rings. The van der Waals surface area contributed by atoms with Gasteiger partial charge in [0.15, 0.2) is 0 Å². The second-order valence-corrected chi connectivity index (χ2v) is 14.5. The quantitative estimate of drug-likeness (QED) is 0.161. The third kappa shape index (κ3) is 6.22. The van der Waals surface area contributed by atoms with Crippen LogP contribution in [-0.2, 0) is 0 Å². The molecular formula is C50H50N4O. The van der Waals surface area contributed by atoms with Crippen LogP contribution in [0.1, 0.15) is 115 Å². The first-order valence-electron chi connectivity index (χ1n) is 23.4. The van der Waals surface area contributed by atoms with Crippen LogP contribution in [0.4, 0.5) is 0 Å². The fraction of sp³-hybridized carbons (Fsp3) is 0.240. The Morgan fingerprint density at radius 3 is 1.65 bits per heavy atom. The molecule has 0 bridgehead atoms. The van der Waals surface area contributed by atoms with Gasteiger partial charge in [0, 0.05) is 24.8 Å². The van der Waals surface area contributed by atoms with Crippen molar-refractivity contribution in [2.45, 2.75) is 78.8 Å². The van der Waals surface area contributed by atoms with Crippen molar-refractivity contribution >= 4 is 22.1 Å². The summed E-state index contributed by atoms with van der Waals surface area (Å²) in [5.74, 6) is -6.10. The molecule has 0 saturated heterocycles. The van der Waals surface area contributed by atoms with Gasteiger partial charge in [-0.25, -0.2) is 9.97 Å². The molecule has 0 fully saturated rings. The summed E-state index contributed by atoms with van der Waals surface area (Å²) in [6.07, 6.45) is 0. The standard InChI is InChI=1S/C50H50N4O/c1-30(2)36-20-14-21-37(31(3)4)47(36)53-43-26-11-10-25-42(43)51-49(53)35-18-13-17-34(29-35)40-24-16-27-44-46(40)52-50(41-19-9-12-28-45(41)55)54(44)48-38(32(5)6)22-15-23-39(48)33(7)8/h9-33,55H,1-8H3/i5D3,7D3,30D,31D,32D,33D. The Morgan fingerprint density at radius 2 is 1.02 bits per heavy atom. The predicted octanol–water partition coefficient (Wildman–Crippen LogP) is 13.6. The highest BCUT2D eigenvalue weighted by atomic mass is 16.3. The number of rotatable bonds is 9. The van der Waals surface area contributed by atoms with E-state index in [4.69, 9.17) is 18.2 Å². The second kappa shape index (κ2) is 14.4. The number of phenolic OH excluding ortho intramolecular Hbond substituents is 1. The lowest BCUT2D eigenvalue weighted by atomic mass is 9.92. The highest BCUT2D eigenvalue weighted by molar-refractivity contribution is 5.97. The summed E-state index contributed by atoms with van der Waals surface area (Å²) in [6, 6.07) is 37.6. The minimum atomic E-state index is -2.89. The van der Waals surface area contributed by atoms with Gasteiger partial charge in [-0.3, -0.25) is 9.13 Å². The van der Waals surface area contributed by atoms with Crippen molar-refractivity contribution in [1.29, 1.82) is 0 Å². The van der Waals surface area contributed by atoms with E-state index in [0.29, 0.717) is 33.7 Å². The number of imidazole rings is 2. The number of hydrogen-bond donors (Lipinski definition) is 1. The molecule has 55 heavy (non-hydrogen) atoms. The summed E-state index contributed by atoms with van der Waals surface area (Å²) in [5, 5.41) is 11.4. The third-order valence-electron chi connectivity index (χ3n) is 10.2. The molecule has 2 heterocycles. The average molecular weight is 733 g/mol. The number of nitrogens with zero attached hydrogens (tertiary/aromatic N) is 4. The Hall–Kier alpha value is -5.94. The van der Waals surface area contributed by atoms with Gasteiger partial charge in [-0.05, 0) is 87.8 Å².